The lowest BCUT2D eigenvalue weighted by molar-refractivity contribution is -0.0500. The van der Waals surface area contributed by atoms with Crippen molar-refractivity contribution in [2.75, 3.05) is 0 Å². The third-order valence-corrected chi connectivity index (χ3v) is 4.66. The molecule has 1 aromatic rings. The summed E-state index contributed by atoms with van der Waals surface area (Å²) in [5.74, 6) is 0.524. The monoisotopic (exact) mass is 353 g/mol. The molecule has 0 unspecified atom stereocenters. The van der Waals surface area contributed by atoms with Gasteiger partial charge in [-0.2, -0.15) is 21.6 Å². The molecule has 23 heavy (non-hydrogen) atoms. The quantitative estimate of drug-likeness (QED) is 0.587. The molecule has 1 fully saturated rings. The molecule has 1 aliphatic carbocycles. The van der Waals surface area contributed by atoms with Crippen LogP contribution in [0.25, 0.3) is 0 Å². The van der Waals surface area contributed by atoms with Crippen molar-refractivity contribution in [1.82, 2.24) is 4.98 Å². The van der Waals surface area contributed by atoms with E-state index in [4.69, 9.17) is 0 Å². The van der Waals surface area contributed by atoms with Gasteiger partial charge in [0.15, 0.2) is 5.75 Å². The van der Waals surface area contributed by atoms with Crippen molar-refractivity contribution in [1.29, 1.82) is 0 Å². The first kappa shape index (κ1) is 19.7. The lowest BCUT2D eigenvalue weighted by Gasteiger charge is -2.25. The largest absolute Gasteiger partial charge is 0.534 e. The van der Waals surface area contributed by atoms with Gasteiger partial charge in [0.1, 0.15) is 0 Å². The Bertz CT molecular complexity index is 577. The van der Waals surface area contributed by atoms with Crippen molar-refractivity contribution in [3.8, 4) is 5.75 Å². The minimum absolute atomic E-state index is 0.273. The van der Waals surface area contributed by atoms with Crippen LogP contribution in [0.4, 0.5) is 13.2 Å². The van der Waals surface area contributed by atoms with E-state index in [1.807, 2.05) is 13.8 Å². The van der Waals surface area contributed by atoms with E-state index < -0.39 is 21.4 Å². The van der Waals surface area contributed by atoms with Gasteiger partial charge in [0, 0.05) is 11.6 Å². The van der Waals surface area contributed by atoms with Gasteiger partial charge < -0.3 is 4.18 Å². The normalized spacial score (nSPS) is 22.0. The van der Waals surface area contributed by atoms with E-state index in [2.05, 4.69) is 16.1 Å². The molecule has 132 valence electrons. The maximum Gasteiger partial charge on any atom is 0.534 e. The molecule has 0 atom stereocenters. The molecule has 8 heteroatoms. The summed E-state index contributed by atoms with van der Waals surface area (Å²) in [5, 5.41) is 0. The van der Waals surface area contributed by atoms with Crippen molar-refractivity contribution >= 4 is 10.1 Å². The number of hydrogen-bond acceptors (Lipinski definition) is 4. The molecule has 0 spiro atoms. The number of hydrogen-bond donors (Lipinski definition) is 0. The highest BCUT2D eigenvalue weighted by Gasteiger charge is 2.48. The van der Waals surface area contributed by atoms with E-state index >= 15 is 0 Å². The number of nitrogens with zero attached hydrogens (tertiary/aromatic N) is 1. The van der Waals surface area contributed by atoms with Gasteiger partial charge in [-0.1, -0.05) is 33.6 Å². The minimum Gasteiger partial charge on any atom is -0.374 e. The van der Waals surface area contributed by atoms with Crippen LogP contribution in [0.2, 0.25) is 0 Å². The van der Waals surface area contributed by atoms with Crippen LogP contribution in [0.3, 0.4) is 0 Å². The predicted octanol–water partition coefficient (Wildman–Crippen LogP) is 4.63. The number of halogens is 3. The van der Waals surface area contributed by atoms with Crippen LogP contribution in [0.15, 0.2) is 18.3 Å². The molecule has 1 aromatic heterocycles. The number of rotatable bonds is 3. The molecule has 1 saturated carbocycles. The molecule has 0 N–H and O–H groups in total. The SMILES string of the molecule is CC.CC1CCC(c2ccc(OS(=O)(=O)C(F)(F)F)cn2)CC1. The highest BCUT2D eigenvalue weighted by molar-refractivity contribution is 7.87. The first-order valence-corrected chi connectivity index (χ1v) is 9.06. The first-order chi connectivity index (χ1) is 10.7. The Labute approximate surface area is 135 Å². The fraction of sp³-hybridized carbons (Fsp3) is 0.667. The average molecular weight is 353 g/mol. The molecule has 2 rings (SSSR count). The lowest BCUT2D eigenvalue weighted by Crippen LogP contribution is -2.28. The van der Waals surface area contributed by atoms with Gasteiger partial charge >= 0.3 is 15.6 Å². The number of aromatic nitrogens is 1. The number of pyridine rings is 1. The van der Waals surface area contributed by atoms with Crippen LogP contribution in [0, 0.1) is 5.92 Å². The Morgan fingerprint density at radius 1 is 1.13 bits per heavy atom. The van der Waals surface area contributed by atoms with E-state index in [0.29, 0.717) is 5.92 Å². The Morgan fingerprint density at radius 3 is 2.13 bits per heavy atom. The molecule has 0 amide bonds. The summed E-state index contributed by atoms with van der Waals surface area (Å²) >= 11 is 0. The first-order valence-electron chi connectivity index (χ1n) is 7.66. The lowest BCUT2D eigenvalue weighted by atomic mass is 9.81. The zero-order valence-corrected chi connectivity index (χ0v) is 14.2. The van der Waals surface area contributed by atoms with Gasteiger partial charge in [0.05, 0.1) is 6.20 Å². The highest BCUT2D eigenvalue weighted by atomic mass is 32.2. The summed E-state index contributed by atoms with van der Waals surface area (Å²) in [4.78, 5) is 4.04. The van der Waals surface area contributed by atoms with E-state index in [-0.39, 0.29) is 5.92 Å². The fourth-order valence-corrected chi connectivity index (χ4v) is 2.86. The van der Waals surface area contributed by atoms with Gasteiger partial charge in [-0.25, -0.2) is 0 Å². The second-order valence-electron chi connectivity index (χ2n) is 5.36. The standard InChI is InChI=1S/C13H16F3NO3S.C2H6/c1-9-2-4-10(5-3-9)12-7-6-11(8-17-12)20-21(18,19)13(14,15)16;1-2/h6-10H,2-5H2,1H3;1-2H3. The Kier molecular flexibility index (Phi) is 6.85. The molecule has 0 aromatic carbocycles. The van der Waals surface area contributed by atoms with Crippen molar-refractivity contribution < 1.29 is 25.8 Å². The van der Waals surface area contributed by atoms with Crippen molar-refractivity contribution in [2.24, 2.45) is 5.92 Å². The van der Waals surface area contributed by atoms with Crippen molar-refractivity contribution in [3.05, 3.63) is 24.0 Å². The molecule has 1 aliphatic rings. The Hall–Kier alpha value is -1.31. The summed E-state index contributed by atoms with van der Waals surface area (Å²) in [7, 11) is -5.64. The summed E-state index contributed by atoms with van der Waals surface area (Å²) in [6, 6.07) is 2.74. The second-order valence-corrected chi connectivity index (χ2v) is 6.90. The van der Waals surface area contributed by atoms with Crippen LogP contribution >= 0.6 is 0 Å². The topological polar surface area (TPSA) is 56.3 Å². The summed E-state index contributed by atoms with van der Waals surface area (Å²) < 4.78 is 62.3. The summed E-state index contributed by atoms with van der Waals surface area (Å²) in [6.45, 7) is 6.18. The smallest absolute Gasteiger partial charge is 0.374 e. The molecular weight excluding hydrogens is 331 g/mol. The predicted molar refractivity (Wildman–Crippen MR) is 81.6 cm³/mol. The van der Waals surface area contributed by atoms with Gasteiger partial charge in [0.2, 0.25) is 0 Å². The van der Waals surface area contributed by atoms with E-state index in [1.165, 1.54) is 12.1 Å². The Morgan fingerprint density at radius 2 is 1.70 bits per heavy atom. The fourth-order valence-electron chi connectivity index (χ4n) is 2.41. The van der Waals surface area contributed by atoms with E-state index in [9.17, 15) is 21.6 Å². The molecule has 0 radical (unpaired) electrons. The molecule has 0 bridgehead atoms. The van der Waals surface area contributed by atoms with Crippen LogP contribution < -0.4 is 4.18 Å². The zero-order chi connectivity index (χ0) is 17.7. The molecule has 4 nitrogen and oxygen atoms in total. The van der Waals surface area contributed by atoms with Gasteiger partial charge in [0.25, 0.3) is 0 Å². The van der Waals surface area contributed by atoms with Gasteiger partial charge in [-0.3, -0.25) is 4.98 Å². The number of alkyl halides is 3. The average Bonchev–Trinajstić information content (AvgIpc) is 2.49. The molecule has 0 saturated heterocycles. The van der Waals surface area contributed by atoms with Crippen LogP contribution in [0.5, 0.6) is 5.75 Å². The maximum absolute atomic E-state index is 12.2. The van der Waals surface area contributed by atoms with Crippen LogP contribution in [0.1, 0.15) is 58.1 Å². The second kappa shape index (κ2) is 7.99. The van der Waals surface area contributed by atoms with Crippen molar-refractivity contribution in [3.63, 3.8) is 0 Å². The maximum atomic E-state index is 12.2. The van der Waals surface area contributed by atoms with Crippen LogP contribution in [-0.4, -0.2) is 18.9 Å². The minimum atomic E-state index is -5.64. The Balaban J connectivity index is 0.00000127. The van der Waals surface area contributed by atoms with Gasteiger partial charge in [-0.15, -0.1) is 0 Å². The third-order valence-electron chi connectivity index (χ3n) is 3.68. The highest BCUT2D eigenvalue weighted by Crippen LogP contribution is 2.35. The van der Waals surface area contributed by atoms with Gasteiger partial charge in [-0.05, 0) is 30.9 Å². The summed E-state index contributed by atoms with van der Waals surface area (Å²) in [5.41, 5.74) is -4.68. The third kappa shape index (κ3) is 5.37. The van der Waals surface area contributed by atoms with Crippen molar-refractivity contribution in [2.45, 2.75) is 57.9 Å². The summed E-state index contributed by atoms with van der Waals surface area (Å²) in [6.07, 6.45) is 5.17. The molecule has 0 aliphatic heterocycles. The van der Waals surface area contributed by atoms with Crippen LogP contribution in [-0.2, 0) is 10.1 Å². The van der Waals surface area contributed by atoms with E-state index in [1.54, 1.807) is 0 Å². The van der Waals surface area contributed by atoms with E-state index in [0.717, 1.165) is 37.6 Å². The molecule has 1 heterocycles. The zero-order valence-electron chi connectivity index (χ0n) is 13.4. The molecular formula is C15H22F3NO3S.